The first-order valence-corrected chi connectivity index (χ1v) is 7.72. The standard InChI is InChI=1S/C18H16F3NO5/c1-10-3-4-12(9-15(10)23)17(25)26-11(2)16(24)22-13-5-7-14(8-6-13)27-18(19,20)21/h3-9,11,23H,1-2H3,(H,22,24). The van der Waals surface area contributed by atoms with Gasteiger partial charge >= 0.3 is 12.3 Å². The fourth-order valence-electron chi connectivity index (χ4n) is 2.00. The number of hydrogen-bond acceptors (Lipinski definition) is 5. The zero-order chi connectivity index (χ0) is 20.2. The average Bonchev–Trinajstić information content (AvgIpc) is 2.57. The molecule has 6 nitrogen and oxygen atoms in total. The molecule has 2 rings (SSSR count). The number of aromatic hydroxyl groups is 1. The Hall–Kier alpha value is -3.23. The van der Waals surface area contributed by atoms with E-state index in [9.17, 15) is 27.9 Å². The number of phenolic OH excluding ortho intramolecular Hbond substituents is 1. The molecule has 0 heterocycles. The van der Waals surface area contributed by atoms with Crippen molar-refractivity contribution in [3.8, 4) is 11.5 Å². The summed E-state index contributed by atoms with van der Waals surface area (Å²) in [6, 6.07) is 8.70. The normalized spacial score (nSPS) is 12.2. The van der Waals surface area contributed by atoms with Crippen molar-refractivity contribution in [1.29, 1.82) is 0 Å². The van der Waals surface area contributed by atoms with E-state index in [0.717, 1.165) is 12.1 Å². The van der Waals surface area contributed by atoms with Crippen LogP contribution in [0, 0.1) is 6.92 Å². The number of halogens is 3. The van der Waals surface area contributed by atoms with Crippen LogP contribution in [-0.2, 0) is 9.53 Å². The summed E-state index contributed by atoms with van der Waals surface area (Å²) < 4.78 is 45.1. The summed E-state index contributed by atoms with van der Waals surface area (Å²) in [7, 11) is 0. The maximum Gasteiger partial charge on any atom is 0.573 e. The zero-order valence-corrected chi connectivity index (χ0v) is 14.3. The molecule has 9 heteroatoms. The molecule has 0 aliphatic rings. The molecule has 144 valence electrons. The first-order valence-electron chi connectivity index (χ1n) is 7.72. The Kier molecular flexibility index (Phi) is 5.94. The highest BCUT2D eigenvalue weighted by atomic mass is 19.4. The molecule has 0 aliphatic carbocycles. The van der Waals surface area contributed by atoms with Gasteiger partial charge in [0.25, 0.3) is 5.91 Å². The molecule has 1 unspecified atom stereocenters. The van der Waals surface area contributed by atoms with Gasteiger partial charge in [0, 0.05) is 5.69 Å². The smallest absolute Gasteiger partial charge is 0.508 e. The number of nitrogens with one attached hydrogen (secondary N) is 1. The number of carbonyl (C=O) groups excluding carboxylic acids is 2. The molecule has 0 aromatic heterocycles. The average molecular weight is 383 g/mol. The van der Waals surface area contributed by atoms with Gasteiger partial charge in [-0.15, -0.1) is 13.2 Å². The number of benzene rings is 2. The highest BCUT2D eigenvalue weighted by molar-refractivity contribution is 5.97. The fourth-order valence-corrected chi connectivity index (χ4v) is 2.00. The van der Waals surface area contributed by atoms with Crippen LogP contribution in [0.5, 0.6) is 11.5 Å². The van der Waals surface area contributed by atoms with Crippen molar-refractivity contribution < 1.29 is 37.3 Å². The van der Waals surface area contributed by atoms with Crippen LogP contribution in [-0.4, -0.2) is 29.4 Å². The molecule has 0 aliphatic heterocycles. The second kappa shape index (κ2) is 7.98. The lowest BCUT2D eigenvalue weighted by molar-refractivity contribution is -0.274. The monoisotopic (exact) mass is 383 g/mol. The van der Waals surface area contributed by atoms with E-state index in [1.165, 1.54) is 37.3 Å². The molecular formula is C18H16F3NO5. The molecule has 0 radical (unpaired) electrons. The van der Waals surface area contributed by atoms with Crippen LogP contribution in [0.4, 0.5) is 18.9 Å². The summed E-state index contributed by atoms with van der Waals surface area (Å²) in [5.41, 5.74) is 0.854. The van der Waals surface area contributed by atoms with Gasteiger partial charge in [0.05, 0.1) is 5.56 Å². The Balaban J connectivity index is 1.94. The highest BCUT2D eigenvalue weighted by Gasteiger charge is 2.31. The molecule has 2 aromatic rings. The van der Waals surface area contributed by atoms with Crippen molar-refractivity contribution >= 4 is 17.6 Å². The lowest BCUT2D eigenvalue weighted by Gasteiger charge is -2.14. The van der Waals surface area contributed by atoms with Crippen molar-refractivity contribution in [1.82, 2.24) is 0 Å². The largest absolute Gasteiger partial charge is 0.573 e. The van der Waals surface area contributed by atoms with Crippen LogP contribution in [0.15, 0.2) is 42.5 Å². The maximum atomic E-state index is 12.1. The van der Waals surface area contributed by atoms with Crippen LogP contribution in [0.25, 0.3) is 0 Å². The van der Waals surface area contributed by atoms with Gasteiger partial charge in [-0.2, -0.15) is 0 Å². The van der Waals surface area contributed by atoms with E-state index in [1.807, 2.05) is 0 Å². The second-order valence-corrected chi connectivity index (χ2v) is 5.61. The summed E-state index contributed by atoms with van der Waals surface area (Å²) in [5.74, 6) is -1.99. The number of hydrogen-bond donors (Lipinski definition) is 2. The SMILES string of the molecule is Cc1ccc(C(=O)OC(C)C(=O)Nc2ccc(OC(F)(F)F)cc2)cc1O. The minimum Gasteiger partial charge on any atom is -0.508 e. The summed E-state index contributed by atoms with van der Waals surface area (Å²) >= 11 is 0. The lowest BCUT2D eigenvalue weighted by Crippen LogP contribution is -2.30. The topological polar surface area (TPSA) is 84.9 Å². The summed E-state index contributed by atoms with van der Waals surface area (Å²) in [4.78, 5) is 24.1. The van der Waals surface area contributed by atoms with Crippen LogP contribution >= 0.6 is 0 Å². The number of ether oxygens (including phenoxy) is 2. The highest BCUT2D eigenvalue weighted by Crippen LogP contribution is 2.24. The molecule has 2 aromatic carbocycles. The number of amides is 1. The Morgan fingerprint density at radius 1 is 1.11 bits per heavy atom. The molecule has 1 atom stereocenters. The summed E-state index contributed by atoms with van der Waals surface area (Å²) in [5, 5.41) is 12.0. The number of rotatable bonds is 5. The first kappa shape index (κ1) is 20.1. The minimum atomic E-state index is -4.81. The molecule has 0 fully saturated rings. The number of anilines is 1. The lowest BCUT2D eigenvalue weighted by atomic mass is 10.1. The number of phenols is 1. The van der Waals surface area contributed by atoms with E-state index in [-0.39, 0.29) is 17.0 Å². The number of esters is 1. The Morgan fingerprint density at radius 2 is 1.74 bits per heavy atom. The number of alkyl halides is 3. The third-order valence-corrected chi connectivity index (χ3v) is 3.45. The molecule has 0 spiro atoms. The van der Waals surface area contributed by atoms with Crippen molar-refractivity contribution in [2.24, 2.45) is 0 Å². The number of aryl methyl sites for hydroxylation is 1. The van der Waals surface area contributed by atoms with Gasteiger partial charge in [-0.3, -0.25) is 4.79 Å². The molecule has 0 saturated heterocycles. The van der Waals surface area contributed by atoms with Gasteiger partial charge in [0.15, 0.2) is 6.10 Å². The predicted octanol–water partition coefficient (Wildman–Crippen LogP) is 3.78. The minimum absolute atomic E-state index is 0.0754. The van der Waals surface area contributed by atoms with E-state index < -0.39 is 30.1 Å². The molecule has 27 heavy (non-hydrogen) atoms. The van der Waals surface area contributed by atoms with Gasteiger partial charge in [0.2, 0.25) is 0 Å². The molecule has 0 bridgehead atoms. The molecular weight excluding hydrogens is 367 g/mol. The van der Waals surface area contributed by atoms with Gasteiger partial charge < -0.3 is 19.9 Å². The number of carbonyl (C=O) groups is 2. The zero-order valence-electron chi connectivity index (χ0n) is 14.3. The Bertz CT molecular complexity index is 834. The maximum absolute atomic E-state index is 12.1. The van der Waals surface area contributed by atoms with E-state index in [2.05, 4.69) is 10.1 Å². The van der Waals surface area contributed by atoms with Gasteiger partial charge in [-0.05, 0) is 55.8 Å². The third-order valence-electron chi connectivity index (χ3n) is 3.45. The van der Waals surface area contributed by atoms with Crippen molar-refractivity contribution in [3.05, 3.63) is 53.6 Å². The Labute approximate surface area is 152 Å². The van der Waals surface area contributed by atoms with E-state index in [0.29, 0.717) is 5.56 Å². The van der Waals surface area contributed by atoms with Crippen LogP contribution in [0.3, 0.4) is 0 Å². The van der Waals surface area contributed by atoms with Crippen molar-refractivity contribution in [3.63, 3.8) is 0 Å². The van der Waals surface area contributed by atoms with Crippen LogP contribution in [0.2, 0.25) is 0 Å². The second-order valence-electron chi connectivity index (χ2n) is 5.61. The summed E-state index contributed by atoms with van der Waals surface area (Å²) in [6.07, 6.45) is -5.98. The molecule has 1 amide bonds. The van der Waals surface area contributed by atoms with E-state index >= 15 is 0 Å². The van der Waals surface area contributed by atoms with E-state index in [4.69, 9.17) is 4.74 Å². The van der Waals surface area contributed by atoms with Gasteiger partial charge in [0.1, 0.15) is 11.5 Å². The fraction of sp³-hybridized carbons (Fsp3) is 0.222. The summed E-state index contributed by atoms with van der Waals surface area (Å²) in [6.45, 7) is 2.99. The predicted molar refractivity (Wildman–Crippen MR) is 89.5 cm³/mol. The molecule has 0 saturated carbocycles. The third kappa shape index (κ3) is 5.91. The van der Waals surface area contributed by atoms with E-state index in [1.54, 1.807) is 6.92 Å². The molecule has 2 N–H and O–H groups in total. The Morgan fingerprint density at radius 3 is 2.30 bits per heavy atom. The van der Waals surface area contributed by atoms with Crippen LogP contribution in [0.1, 0.15) is 22.8 Å². The van der Waals surface area contributed by atoms with Gasteiger partial charge in [-0.25, -0.2) is 4.79 Å². The first-order chi connectivity index (χ1) is 12.5. The van der Waals surface area contributed by atoms with Crippen molar-refractivity contribution in [2.75, 3.05) is 5.32 Å². The van der Waals surface area contributed by atoms with Crippen molar-refractivity contribution in [2.45, 2.75) is 26.3 Å². The van der Waals surface area contributed by atoms with Crippen LogP contribution < -0.4 is 10.1 Å². The quantitative estimate of drug-likeness (QED) is 0.768. The van der Waals surface area contributed by atoms with Gasteiger partial charge in [-0.1, -0.05) is 6.07 Å².